The number of para-hydroxylation sites is 1. The topological polar surface area (TPSA) is 55.0 Å². The van der Waals surface area contributed by atoms with Crippen LogP contribution in [-0.4, -0.2) is 16.1 Å². The first kappa shape index (κ1) is 14.8. The SMILES string of the molecule is CC(C)Oc1ccc(-c2nc3ccccc3c(=O)[nH]2)cc1Br. The molecule has 5 heteroatoms. The Morgan fingerprint density at radius 3 is 2.68 bits per heavy atom. The number of benzene rings is 2. The Hall–Kier alpha value is -2.14. The third-order valence-electron chi connectivity index (χ3n) is 3.18. The van der Waals surface area contributed by atoms with Gasteiger partial charge >= 0.3 is 0 Å². The Morgan fingerprint density at radius 1 is 1.18 bits per heavy atom. The van der Waals surface area contributed by atoms with Crippen molar-refractivity contribution in [3.05, 3.63) is 57.3 Å². The minimum absolute atomic E-state index is 0.0979. The van der Waals surface area contributed by atoms with Crippen molar-refractivity contribution in [2.75, 3.05) is 0 Å². The molecule has 3 rings (SSSR count). The van der Waals surface area contributed by atoms with E-state index in [2.05, 4.69) is 25.9 Å². The zero-order valence-corrected chi connectivity index (χ0v) is 13.8. The Labute approximate surface area is 136 Å². The molecule has 0 amide bonds. The van der Waals surface area contributed by atoms with Gasteiger partial charge in [0, 0.05) is 5.56 Å². The van der Waals surface area contributed by atoms with Crippen molar-refractivity contribution >= 4 is 26.8 Å². The van der Waals surface area contributed by atoms with Crippen LogP contribution in [0.15, 0.2) is 51.7 Å². The van der Waals surface area contributed by atoms with E-state index >= 15 is 0 Å². The highest BCUT2D eigenvalue weighted by Gasteiger charge is 2.09. The summed E-state index contributed by atoms with van der Waals surface area (Å²) in [7, 11) is 0. The Kier molecular flexibility index (Phi) is 3.98. The molecular formula is C17H15BrN2O2. The van der Waals surface area contributed by atoms with E-state index in [0.29, 0.717) is 16.7 Å². The molecule has 1 heterocycles. The quantitative estimate of drug-likeness (QED) is 0.765. The van der Waals surface area contributed by atoms with Gasteiger partial charge in [0.15, 0.2) is 0 Å². The fourth-order valence-corrected chi connectivity index (χ4v) is 2.69. The summed E-state index contributed by atoms with van der Waals surface area (Å²) in [5.74, 6) is 1.31. The van der Waals surface area contributed by atoms with E-state index in [9.17, 15) is 4.79 Å². The largest absolute Gasteiger partial charge is 0.490 e. The van der Waals surface area contributed by atoms with Gasteiger partial charge in [0.1, 0.15) is 11.6 Å². The van der Waals surface area contributed by atoms with Gasteiger partial charge in [-0.05, 0) is 60.1 Å². The molecule has 1 aromatic heterocycles. The fraction of sp³-hybridized carbons (Fsp3) is 0.176. The molecule has 4 nitrogen and oxygen atoms in total. The van der Waals surface area contributed by atoms with Crippen molar-refractivity contribution in [2.24, 2.45) is 0 Å². The highest BCUT2D eigenvalue weighted by atomic mass is 79.9. The molecule has 112 valence electrons. The zero-order valence-electron chi connectivity index (χ0n) is 12.3. The Morgan fingerprint density at radius 2 is 1.95 bits per heavy atom. The highest BCUT2D eigenvalue weighted by molar-refractivity contribution is 9.10. The van der Waals surface area contributed by atoms with Gasteiger partial charge < -0.3 is 9.72 Å². The van der Waals surface area contributed by atoms with Crippen LogP contribution in [0.1, 0.15) is 13.8 Å². The molecule has 0 bridgehead atoms. The first-order chi connectivity index (χ1) is 10.5. The van der Waals surface area contributed by atoms with Crippen LogP contribution in [-0.2, 0) is 0 Å². The van der Waals surface area contributed by atoms with E-state index in [4.69, 9.17) is 4.74 Å². The molecule has 3 aromatic rings. The highest BCUT2D eigenvalue weighted by Crippen LogP contribution is 2.30. The predicted octanol–water partition coefficient (Wildman–Crippen LogP) is 4.14. The van der Waals surface area contributed by atoms with Gasteiger partial charge in [-0.1, -0.05) is 12.1 Å². The number of nitrogens with one attached hydrogen (secondary N) is 1. The van der Waals surface area contributed by atoms with E-state index in [1.165, 1.54) is 0 Å². The van der Waals surface area contributed by atoms with Crippen LogP contribution in [0, 0.1) is 0 Å². The normalized spacial score (nSPS) is 11.1. The number of aromatic amines is 1. The minimum Gasteiger partial charge on any atom is -0.490 e. The maximum absolute atomic E-state index is 12.1. The molecule has 1 N–H and O–H groups in total. The molecule has 0 fully saturated rings. The molecule has 0 aliphatic rings. The smallest absolute Gasteiger partial charge is 0.259 e. The molecular weight excluding hydrogens is 344 g/mol. The van der Waals surface area contributed by atoms with Gasteiger partial charge in [0.05, 0.1) is 21.5 Å². The van der Waals surface area contributed by atoms with Crippen LogP contribution in [0.4, 0.5) is 0 Å². The second kappa shape index (κ2) is 5.93. The molecule has 0 saturated carbocycles. The summed E-state index contributed by atoms with van der Waals surface area (Å²) < 4.78 is 6.52. The lowest BCUT2D eigenvalue weighted by Gasteiger charge is -2.12. The van der Waals surface area contributed by atoms with E-state index < -0.39 is 0 Å². The first-order valence-electron chi connectivity index (χ1n) is 7.00. The number of H-pyrrole nitrogens is 1. The second-order valence-electron chi connectivity index (χ2n) is 5.24. The van der Waals surface area contributed by atoms with E-state index in [1.807, 2.05) is 50.2 Å². The number of nitrogens with zero attached hydrogens (tertiary/aromatic N) is 1. The molecule has 22 heavy (non-hydrogen) atoms. The number of rotatable bonds is 3. The lowest BCUT2D eigenvalue weighted by Crippen LogP contribution is -2.09. The Bertz CT molecular complexity index is 887. The van der Waals surface area contributed by atoms with Crippen molar-refractivity contribution in [1.82, 2.24) is 9.97 Å². The van der Waals surface area contributed by atoms with Gasteiger partial charge in [-0.2, -0.15) is 0 Å². The molecule has 0 unspecified atom stereocenters. The number of fused-ring (bicyclic) bond motifs is 1. The number of ether oxygens (including phenoxy) is 1. The summed E-state index contributed by atoms with van der Waals surface area (Å²) in [5.41, 5.74) is 1.37. The standard InChI is InChI=1S/C17H15BrN2O2/c1-10(2)22-15-8-7-11(9-13(15)18)16-19-14-6-4-3-5-12(14)17(21)20-16/h3-10H,1-2H3,(H,19,20,21). The fourth-order valence-electron chi connectivity index (χ4n) is 2.22. The molecule has 0 aliphatic heterocycles. The van der Waals surface area contributed by atoms with Crippen molar-refractivity contribution in [1.29, 1.82) is 0 Å². The van der Waals surface area contributed by atoms with Gasteiger partial charge in [-0.15, -0.1) is 0 Å². The maximum Gasteiger partial charge on any atom is 0.259 e. The molecule has 0 radical (unpaired) electrons. The summed E-state index contributed by atoms with van der Waals surface area (Å²) in [5, 5.41) is 0.588. The summed E-state index contributed by atoms with van der Waals surface area (Å²) >= 11 is 3.50. The average Bonchev–Trinajstić information content (AvgIpc) is 2.49. The lowest BCUT2D eigenvalue weighted by molar-refractivity contribution is 0.241. The average molecular weight is 359 g/mol. The first-order valence-corrected chi connectivity index (χ1v) is 7.79. The van der Waals surface area contributed by atoms with Crippen LogP contribution in [0.25, 0.3) is 22.3 Å². The van der Waals surface area contributed by atoms with Crippen LogP contribution < -0.4 is 10.3 Å². The number of aromatic nitrogens is 2. The van der Waals surface area contributed by atoms with E-state index in [1.54, 1.807) is 6.07 Å². The maximum atomic E-state index is 12.1. The van der Waals surface area contributed by atoms with E-state index in [-0.39, 0.29) is 11.7 Å². The summed E-state index contributed by atoms with van der Waals surface area (Å²) in [6.07, 6.45) is 0.0979. The Balaban J connectivity index is 2.08. The van der Waals surface area contributed by atoms with Crippen LogP contribution in [0.3, 0.4) is 0 Å². The zero-order chi connectivity index (χ0) is 15.7. The van der Waals surface area contributed by atoms with Gasteiger partial charge in [0.2, 0.25) is 0 Å². The summed E-state index contributed by atoms with van der Waals surface area (Å²) in [6, 6.07) is 12.9. The van der Waals surface area contributed by atoms with E-state index in [0.717, 1.165) is 15.8 Å². The number of halogens is 1. The second-order valence-corrected chi connectivity index (χ2v) is 6.10. The van der Waals surface area contributed by atoms with Gasteiger partial charge in [0.25, 0.3) is 5.56 Å². The summed E-state index contributed by atoms with van der Waals surface area (Å²) in [6.45, 7) is 3.95. The molecule has 0 spiro atoms. The van der Waals surface area contributed by atoms with Crippen molar-refractivity contribution in [3.63, 3.8) is 0 Å². The van der Waals surface area contributed by atoms with Gasteiger partial charge in [-0.25, -0.2) is 4.98 Å². The van der Waals surface area contributed by atoms with Crippen molar-refractivity contribution < 1.29 is 4.74 Å². The molecule has 0 saturated heterocycles. The molecule has 2 aromatic carbocycles. The predicted molar refractivity (Wildman–Crippen MR) is 91.3 cm³/mol. The molecule has 0 atom stereocenters. The van der Waals surface area contributed by atoms with Crippen LogP contribution >= 0.6 is 15.9 Å². The van der Waals surface area contributed by atoms with Crippen LogP contribution in [0.2, 0.25) is 0 Å². The summed E-state index contributed by atoms with van der Waals surface area (Å²) in [4.78, 5) is 19.5. The third-order valence-corrected chi connectivity index (χ3v) is 3.80. The third kappa shape index (κ3) is 2.90. The molecule has 0 aliphatic carbocycles. The van der Waals surface area contributed by atoms with Gasteiger partial charge in [-0.3, -0.25) is 4.79 Å². The van der Waals surface area contributed by atoms with Crippen molar-refractivity contribution in [3.8, 4) is 17.1 Å². The number of hydrogen-bond acceptors (Lipinski definition) is 3. The monoisotopic (exact) mass is 358 g/mol. The van der Waals surface area contributed by atoms with Crippen molar-refractivity contribution in [2.45, 2.75) is 20.0 Å². The number of hydrogen-bond donors (Lipinski definition) is 1. The van der Waals surface area contributed by atoms with Crippen LogP contribution in [0.5, 0.6) is 5.75 Å². The lowest BCUT2D eigenvalue weighted by atomic mass is 10.2. The minimum atomic E-state index is -0.140.